The Labute approximate surface area is 193 Å². The van der Waals surface area contributed by atoms with Crippen LogP contribution in [0.2, 0.25) is 10.0 Å². The minimum Gasteiger partial charge on any atom is -0.486 e. The largest absolute Gasteiger partial charge is 0.486 e. The third kappa shape index (κ3) is 4.74. The number of hydrogen-bond donors (Lipinski definition) is 2. The van der Waals surface area contributed by atoms with E-state index in [1.807, 2.05) is 0 Å². The predicted molar refractivity (Wildman–Crippen MR) is 119 cm³/mol. The van der Waals surface area contributed by atoms with Crippen LogP contribution in [0, 0.1) is 5.82 Å². The van der Waals surface area contributed by atoms with Gasteiger partial charge in [0.25, 0.3) is 15.9 Å². The SMILES string of the molecule is O=C(Nc1ccc(S(=O)(=O)Nc2ccc3c(c2)OCCO3)cc1F)c1ccc(Cl)cc1Cl. The van der Waals surface area contributed by atoms with Gasteiger partial charge in [0.15, 0.2) is 11.5 Å². The van der Waals surface area contributed by atoms with Crippen LogP contribution in [0.1, 0.15) is 10.4 Å². The average molecular weight is 497 g/mol. The Hall–Kier alpha value is -3.01. The van der Waals surface area contributed by atoms with Crippen LogP contribution in [0.25, 0.3) is 0 Å². The van der Waals surface area contributed by atoms with Gasteiger partial charge in [-0.15, -0.1) is 0 Å². The van der Waals surface area contributed by atoms with Gasteiger partial charge in [0, 0.05) is 11.1 Å². The van der Waals surface area contributed by atoms with Crippen LogP contribution in [0.4, 0.5) is 15.8 Å². The molecule has 166 valence electrons. The molecule has 32 heavy (non-hydrogen) atoms. The summed E-state index contributed by atoms with van der Waals surface area (Å²) < 4.78 is 53.2. The zero-order valence-electron chi connectivity index (χ0n) is 16.2. The van der Waals surface area contributed by atoms with E-state index in [9.17, 15) is 17.6 Å². The van der Waals surface area contributed by atoms with Crippen molar-refractivity contribution in [1.82, 2.24) is 0 Å². The number of sulfonamides is 1. The summed E-state index contributed by atoms with van der Waals surface area (Å²) in [6, 6.07) is 11.9. The molecule has 0 aromatic heterocycles. The summed E-state index contributed by atoms with van der Waals surface area (Å²) in [4.78, 5) is 12.1. The number of nitrogens with one attached hydrogen (secondary N) is 2. The maximum absolute atomic E-state index is 14.6. The van der Waals surface area contributed by atoms with E-state index in [0.717, 1.165) is 12.1 Å². The quantitative estimate of drug-likeness (QED) is 0.520. The Bertz CT molecular complexity index is 1320. The Morgan fingerprint density at radius 3 is 2.41 bits per heavy atom. The van der Waals surface area contributed by atoms with E-state index in [1.165, 1.54) is 36.4 Å². The lowest BCUT2D eigenvalue weighted by molar-refractivity contribution is 0.102. The van der Waals surface area contributed by atoms with Gasteiger partial charge in [0.05, 0.1) is 26.9 Å². The molecule has 7 nitrogen and oxygen atoms in total. The van der Waals surface area contributed by atoms with Crippen molar-refractivity contribution in [3.05, 3.63) is 76.0 Å². The molecule has 2 N–H and O–H groups in total. The normalized spacial score (nSPS) is 12.8. The number of ether oxygens (including phenoxy) is 2. The minimum atomic E-state index is -4.11. The second-order valence-electron chi connectivity index (χ2n) is 6.68. The summed E-state index contributed by atoms with van der Waals surface area (Å²) in [5.41, 5.74) is 0.108. The molecule has 0 fully saturated rings. The summed E-state index contributed by atoms with van der Waals surface area (Å²) in [7, 11) is -4.11. The van der Waals surface area contributed by atoms with Gasteiger partial charge in [0.2, 0.25) is 0 Å². The van der Waals surface area contributed by atoms with Gasteiger partial charge in [-0.25, -0.2) is 12.8 Å². The van der Waals surface area contributed by atoms with Crippen LogP contribution in [0.3, 0.4) is 0 Å². The molecule has 3 aromatic carbocycles. The maximum atomic E-state index is 14.6. The molecule has 11 heteroatoms. The lowest BCUT2D eigenvalue weighted by Gasteiger charge is -2.19. The standard InChI is InChI=1S/C21H15Cl2FN2O5S/c22-12-1-4-15(16(23)9-12)21(27)25-18-5-3-14(11-17(18)24)32(28,29)26-13-2-6-19-20(10-13)31-8-7-30-19/h1-6,9-11,26H,7-8H2,(H,25,27). The third-order valence-electron chi connectivity index (χ3n) is 4.47. The van der Waals surface area contributed by atoms with Crippen molar-refractivity contribution in [1.29, 1.82) is 0 Å². The lowest BCUT2D eigenvalue weighted by atomic mass is 10.2. The van der Waals surface area contributed by atoms with Crippen molar-refractivity contribution in [3.63, 3.8) is 0 Å². The predicted octanol–water partition coefficient (Wildman–Crippen LogP) is 4.96. The number of benzene rings is 3. The average Bonchev–Trinajstić information content (AvgIpc) is 2.74. The van der Waals surface area contributed by atoms with Crippen molar-refractivity contribution in [2.75, 3.05) is 23.3 Å². The fourth-order valence-corrected chi connectivity index (χ4v) is 4.50. The summed E-state index contributed by atoms with van der Waals surface area (Å²) >= 11 is 11.8. The van der Waals surface area contributed by atoms with Gasteiger partial charge in [-0.2, -0.15) is 0 Å². The fraction of sp³-hybridized carbons (Fsp3) is 0.0952. The van der Waals surface area contributed by atoms with Crippen molar-refractivity contribution < 1.29 is 27.1 Å². The van der Waals surface area contributed by atoms with Crippen LogP contribution in [0.15, 0.2) is 59.5 Å². The highest BCUT2D eigenvalue weighted by atomic mass is 35.5. The van der Waals surface area contributed by atoms with E-state index in [-0.39, 0.29) is 26.9 Å². The molecule has 1 amide bonds. The number of hydrogen-bond acceptors (Lipinski definition) is 5. The molecule has 1 aliphatic heterocycles. The van der Waals surface area contributed by atoms with E-state index >= 15 is 0 Å². The van der Waals surface area contributed by atoms with Crippen molar-refractivity contribution in [3.8, 4) is 11.5 Å². The summed E-state index contributed by atoms with van der Waals surface area (Å²) in [6.45, 7) is 0.757. The second kappa shape index (κ2) is 8.85. The molecule has 0 aliphatic carbocycles. The molecule has 0 unspecified atom stereocenters. The van der Waals surface area contributed by atoms with Gasteiger partial charge in [-0.3, -0.25) is 9.52 Å². The molecule has 4 rings (SSSR count). The molecule has 3 aromatic rings. The number of fused-ring (bicyclic) bond motifs is 1. The van der Waals surface area contributed by atoms with E-state index in [4.69, 9.17) is 32.7 Å². The van der Waals surface area contributed by atoms with E-state index < -0.39 is 21.7 Å². The first-order valence-electron chi connectivity index (χ1n) is 9.21. The van der Waals surface area contributed by atoms with E-state index in [2.05, 4.69) is 10.0 Å². The molecule has 0 spiro atoms. The fourth-order valence-electron chi connectivity index (χ4n) is 2.95. The Kier molecular flexibility index (Phi) is 6.14. The minimum absolute atomic E-state index is 0.0902. The number of anilines is 2. The smallest absolute Gasteiger partial charge is 0.262 e. The van der Waals surface area contributed by atoms with E-state index in [0.29, 0.717) is 29.7 Å². The first-order chi connectivity index (χ1) is 15.2. The molecule has 0 saturated heterocycles. The van der Waals surface area contributed by atoms with Gasteiger partial charge in [-0.05, 0) is 48.5 Å². The summed E-state index contributed by atoms with van der Waals surface area (Å²) in [5, 5.41) is 2.80. The first-order valence-corrected chi connectivity index (χ1v) is 11.5. The molecule has 0 radical (unpaired) electrons. The highest BCUT2D eigenvalue weighted by Crippen LogP contribution is 2.33. The number of halogens is 3. The van der Waals surface area contributed by atoms with Crippen LogP contribution < -0.4 is 19.5 Å². The van der Waals surface area contributed by atoms with Gasteiger partial charge < -0.3 is 14.8 Å². The number of carbonyl (C=O) groups is 1. The highest BCUT2D eigenvalue weighted by molar-refractivity contribution is 7.92. The van der Waals surface area contributed by atoms with Crippen molar-refractivity contribution >= 4 is 50.5 Å². The number of carbonyl (C=O) groups excluding carboxylic acids is 1. The Balaban J connectivity index is 1.52. The Morgan fingerprint density at radius 2 is 1.69 bits per heavy atom. The Morgan fingerprint density at radius 1 is 0.938 bits per heavy atom. The molecular formula is C21H15Cl2FN2O5S. The molecule has 0 bridgehead atoms. The number of amides is 1. The highest BCUT2D eigenvalue weighted by Gasteiger charge is 2.20. The first kappa shape index (κ1) is 22.2. The third-order valence-corrected chi connectivity index (χ3v) is 6.40. The molecule has 1 aliphatic rings. The summed E-state index contributed by atoms with van der Waals surface area (Å²) in [5.74, 6) is -0.697. The molecule has 0 saturated carbocycles. The summed E-state index contributed by atoms with van der Waals surface area (Å²) in [6.07, 6.45) is 0. The van der Waals surface area contributed by atoms with Crippen LogP contribution in [-0.2, 0) is 10.0 Å². The number of rotatable bonds is 5. The molecular weight excluding hydrogens is 482 g/mol. The van der Waals surface area contributed by atoms with Crippen LogP contribution >= 0.6 is 23.2 Å². The van der Waals surface area contributed by atoms with Crippen molar-refractivity contribution in [2.24, 2.45) is 0 Å². The molecule has 0 atom stereocenters. The zero-order valence-corrected chi connectivity index (χ0v) is 18.5. The topological polar surface area (TPSA) is 93.7 Å². The monoisotopic (exact) mass is 496 g/mol. The van der Waals surface area contributed by atoms with Gasteiger partial charge >= 0.3 is 0 Å². The maximum Gasteiger partial charge on any atom is 0.262 e. The zero-order chi connectivity index (χ0) is 22.9. The van der Waals surface area contributed by atoms with E-state index in [1.54, 1.807) is 6.07 Å². The van der Waals surface area contributed by atoms with Crippen molar-refractivity contribution in [2.45, 2.75) is 4.90 Å². The van der Waals surface area contributed by atoms with Gasteiger partial charge in [-0.1, -0.05) is 23.2 Å². The molecule has 1 heterocycles. The lowest BCUT2D eigenvalue weighted by Crippen LogP contribution is -2.17. The second-order valence-corrected chi connectivity index (χ2v) is 9.21. The van der Waals surface area contributed by atoms with Crippen LogP contribution in [0.5, 0.6) is 11.5 Å². The van der Waals surface area contributed by atoms with Crippen LogP contribution in [-0.4, -0.2) is 27.5 Å². The van der Waals surface area contributed by atoms with Gasteiger partial charge in [0.1, 0.15) is 19.0 Å².